The Morgan fingerprint density at radius 2 is 2.39 bits per heavy atom. The zero-order valence-electron chi connectivity index (χ0n) is 10.6. The maximum absolute atomic E-state index is 11.1. The number of ether oxygens (including phenoxy) is 2. The number of carbonyl (C=O) groups is 1. The van der Waals surface area contributed by atoms with Crippen molar-refractivity contribution in [2.24, 2.45) is 0 Å². The molecule has 98 valence electrons. The van der Waals surface area contributed by atoms with E-state index in [2.05, 4.69) is 10.1 Å². The number of rotatable bonds is 5. The highest BCUT2D eigenvalue weighted by Crippen LogP contribution is 2.18. The van der Waals surface area contributed by atoms with Crippen LogP contribution in [-0.4, -0.2) is 32.3 Å². The first-order chi connectivity index (χ1) is 8.78. The van der Waals surface area contributed by atoms with E-state index in [1.807, 2.05) is 24.3 Å². The lowest BCUT2D eigenvalue weighted by molar-refractivity contribution is -0.140. The van der Waals surface area contributed by atoms with Gasteiger partial charge in [-0.2, -0.15) is 0 Å². The largest absolute Gasteiger partial charge is 0.489 e. The Hall–Kier alpha value is -1.55. The van der Waals surface area contributed by atoms with Gasteiger partial charge in [0.25, 0.3) is 0 Å². The fourth-order valence-electron chi connectivity index (χ4n) is 2.04. The lowest BCUT2D eigenvalue weighted by atomic mass is 10.1. The summed E-state index contributed by atoms with van der Waals surface area (Å²) < 4.78 is 10.5. The van der Waals surface area contributed by atoms with E-state index in [1.54, 1.807) is 0 Å². The van der Waals surface area contributed by atoms with Crippen LogP contribution in [0, 0.1) is 0 Å². The first-order valence-electron chi connectivity index (χ1n) is 6.31. The minimum atomic E-state index is -0.179. The quantitative estimate of drug-likeness (QED) is 0.804. The van der Waals surface area contributed by atoms with Gasteiger partial charge in [0.15, 0.2) is 0 Å². The summed E-state index contributed by atoms with van der Waals surface area (Å²) >= 11 is 0. The molecule has 1 aromatic rings. The average Bonchev–Trinajstić information content (AvgIpc) is 2.89. The van der Waals surface area contributed by atoms with Gasteiger partial charge in [0.05, 0.1) is 7.11 Å². The van der Waals surface area contributed by atoms with E-state index < -0.39 is 0 Å². The summed E-state index contributed by atoms with van der Waals surface area (Å²) in [4.78, 5) is 11.1. The molecule has 4 heteroatoms. The van der Waals surface area contributed by atoms with Gasteiger partial charge in [0, 0.05) is 13.0 Å². The summed E-state index contributed by atoms with van der Waals surface area (Å²) in [6.07, 6.45) is 2.41. The van der Waals surface area contributed by atoms with Gasteiger partial charge < -0.3 is 14.8 Å². The van der Waals surface area contributed by atoms with Crippen molar-refractivity contribution in [1.29, 1.82) is 0 Å². The second kappa shape index (κ2) is 6.40. The van der Waals surface area contributed by atoms with Crippen molar-refractivity contribution in [2.75, 3.05) is 20.2 Å². The maximum atomic E-state index is 11.1. The standard InChI is InChI=1S/C14H19NO3/c1-17-14(16)6-5-11-3-2-4-12(9-11)18-13-7-8-15-10-13/h2-4,9,13,15H,5-8,10H2,1H3. The molecule has 18 heavy (non-hydrogen) atoms. The summed E-state index contributed by atoms with van der Waals surface area (Å²) in [5.41, 5.74) is 1.10. The van der Waals surface area contributed by atoms with Crippen molar-refractivity contribution in [3.63, 3.8) is 0 Å². The molecule has 1 saturated heterocycles. The van der Waals surface area contributed by atoms with E-state index in [0.717, 1.165) is 30.8 Å². The van der Waals surface area contributed by atoms with Gasteiger partial charge in [0.1, 0.15) is 11.9 Å². The van der Waals surface area contributed by atoms with E-state index in [1.165, 1.54) is 7.11 Å². The first-order valence-corrected chi connectivity index (χ1v) is 6.31. The molecule has 4 nitrogen and oxygen atoms in total. The Morgan fingerprint density at radius 3 is 3.11 bits per heavy atom. The van der Waals surface area contributed by atoms with Crippen LogP contribution in [0.1, 0.15) is 18.4 Å². The molecule has 0 bridgehead atoms. The van der Waals surface area contributed by atoms with Gasteiger partial charge in [-0.25, -0.2) is 0 Å². The monoisotopic (exact) mass is 249 g/mol. The molecular formula is C14H19NO3. The normalized spacial score (nSPS) is 18.6. The highest BCUT2D eigenvalue weighted by Gasteiger charge is 2.15. The predicted molar refractivity (Wildman–Crippen MR) is 68.7 cm³/mol. The Balaban J connectivity index is 1.89. The van der Waals surface area contributed by atoms with Gasteiger partial charge in [-0.1, -0.05) is 12.1 Å². The lowest BCUT2D eigenvalue weighted by Crippen LogP contribution is -2.19. The van der Waals surface area contributed by atoms with Crippen LogP contribution in [0.25, 0.3) is 0 Å². The minimum absolute atomic E-state index is 0.179. The number of carbonyl (C=O) groups excluding carboxylic acids is 1. The molecule has 1 aliphatic heterocycles. The van der Waals surface area contributed by atoms with Gasteiger partial charge in [-0.3, -0.25) is 4.79 Å². The number of hydrogen-bond acceptors (Lipinski definition) is 4. The van der Waals surface area contributed by atoms with Gasteiger partial charge in [-0.15, -0.1) is 0 Å². The third-order valence-corrected chi connectivity index (χ3v) is 3.06. The van der Waals surface area contributed by atoms with Crippen LogP contribution in [0.3, 0.4) is 0 Å². The van der Waals surface area contributed by atoms with Crippen LogP contribution in [0.5, 0.6) is 5.75 Å². The summed E-state index contributed by atoms with van der Waals surface area (Å²) in [6.45, 7) is 1.93. The van der Waals surface area contributed by atoms with Crippen molar-refractivity contribution in [3.8, 4) is 5.75 Å². The Labute approximate surface area is 107 Å². The molecule has 0 aliphatic carbocycles. The third kappa shape index (κ3) is 3.74. The molecule has 1 N–H and O–H groups in total. The van der Waals surface area contributed by atoms with Crippen LogP contribution in [0.2, 0.25) is 0 Å². The number of esters is 1. The molecule has 2 rings (SSSR count). The number of methoxy groups -OCH3 is 1. The highest BCUT2D eigenvalue weighted by atomic mass is 16.5. The maximum Gasteiger partial charge on any atom is 0.305 e. The second-order valence-corrected chi connectivity index (χ2v) is 4.46. The smallest absolute Gasteiger partial charge is 0.305 e. The molecular weight excluding hydrogens is 230 g/mol. The van der Waals surface area contributed by atoms with E-state index in [4.69, 9.17) is 4.74 Å². The van der Waals surface area contributed by atoms with Crippen LogP contribution in [-0.2, 0) is 16.0 Å². The Kier molecular flexibility index (Phi) is 4.59. The number of aryl methyl sites for hydroxylation is 1. The fraction of sp³-hybridized carbons (Fsp3) is 0.500. The Bertz CT molecular complexity index is 400. The Morgan fingerprint density at radius 1 is 1.50 bits per heavy atom. The van der Waals surface area contributed by atoms with Crippen molar-refractivity contribution in [1.82, 2.24) is 5.32 Å². The van der Waals surface area contributed by atoms with Crippen LogP contribution >= 0.6 is 0 Å². The van der Waals surface area contributed by atoms with Gasteiger partial charge in [0.2, 0.25) is 0 Å². The lowest BCUT2D eigenvalue weighted by Gasteiger charge is -2.13. The van der Waals surface area contributed by atoms with Gasteiger partial charge >= 0.3 is 5.97 Å². The zero-order chi connectivity index (χ0) is 12.8. The molecule has 0 saturated carbocycles. The molecule has 0 amide bonds. The molecule has 1 fully saturated rings. The van der Waals surface area contributed by atoms with E-state index >= 15 is 0 Å². The number of hydrogen-bond donors (Lipinski definition) is 1. The van der Waals surface area contributed by atoms with Crippen LogP contribution in [0.15, 0.2) is 24.3 Å². The molecule has 0 aromatic heterocycles. The summed E-state index contributed by atoms with van der Waals surface area (Å²) in [5.74, 6) is 0.701. The zero-order valence-corrected chi connectivity index (χ0v) is 10.6. The SMILES string of the molecule is COC(=O)CCc1cccc(OC2CCNC2)c1. The van der Waals surface area contributed by atoms with E-state index in [9.17, 15) is 4.79 Å². The van der Waals surface area contributed by atoms with E-state index in [-0.39, 0.29) is 12.1 Å². The molecule has 1 aromatic carbocycles. The molecule has 1 heterocycles. The number of nitrogens with one attached hydrogen (secondary N) is 1. The van der Waals surface area contributed by atoms with Crippen molar-refractivity contribution >= 4 is 5.97 Å². The molecule has 0 spiro atoms. The minimum Gasteiger partial charge on any atom is -0.489 e. The van der Waals surface area contributed by atoms with Crippen molar-refractivity contribution in [2.45, 2.75) is 25.4 Å². The van der Waals surface area contributed by atoms with Crippen molar-refractivity contribution < 1.29 is 14.3 Å². The average molecular weight is 249 g/mol. The highest BCUT2D eigenvalue weighted by molar-refractivity contribution is 5.69. The summed E-state index contributed by atoms with van der Waals surface area (Å²) in [5, 5.41) is 3.27. The molecule has 0 radical (unpaired) electrons. The predicted octanol–water partition coefficient (Wildman–Crippen LogP) is 1.53. The molecule has 1 atom stereocenters. The summed E-state index contributed by atoms with van der Waals surface area (Å²) in [7, 11) is 1.41. The summed E-state index contributed by atoms with van der Waals surface area (Å²) in [6, 6.07) is 7.92. The van der Waals surface area contributed by atoms with Crippen molar-refractivity contribution in [3.05, 3.63) is 29.8 Å². The molecule has 1 unspecified atom stereocenters. The first kappa shape index (κ1) is 12.9. The topological polar surface area (TPSA) is 47.6 Å². The molecule has 1 aliphatic rings. The van der Waals surface area contributed by atoms with Crippen LogP contribution < -0.4 is 10.1 Å². The third-order valence-electron chi connectivity index (χ3n) is 3.06. The van der Waals surface area contributed by atoms with E-state index in [0.29, 0.717) is 12.8 Å². The fourth-order valence-corrected chi connectivity index (χ4v) is 2.04. The second-order valence-electron chi connectivity index (χ2n) is 4.46. The van der Waals surface area contributed by atoms with Gasteiger partial charge in [-0.05, 0) is 37.1 Å². The number of benzene rings is 1. The van der Waals surface area contributed by atoms with Crippen LogP contribution in [0.4, 0.5) is 0 Å².